The molecule has 0 radical (unpaired) electrons. The Balaban J connectivity index is 1.87. The Kier molecular flexibility index (Phi) is 5.15. The number of rotatable bonds is 4. The van der Waals surface area contributed by atoms with E-state index < -0.39 is 0 Å². The molecule has 1 heterocycles. The zero-order valence-electron chi connectivity index (χ0n) is 12.1. The van der Waals surface area contributed by atoms with Crippen molar-refractivity contribution < 1.29 is 4.79 Å². The summed E-state index contributed by atoms with van der Waals surface area (Å²) in [5.41, 5.74) is 8.49. The lowest BCUT2D eigenvalue weighted by Crippen LogP contribution is -2.02. The second-order valence-corrected chi connectivity index (χ2v) is 7.62. The number of anilines is 3. The minimum Gasteiger partial charge on any atom is -0.397 e. The van der Waals surface area contributed by atoms with Gasteiger partial charge in [0.2, 0.25) is 5.78 Å². The van der Waals surface area contributed by atoms with E-state index in [-0.39, 0.29) is 5.78 Å². The Bertz CT molecular complexity index is 927. The van der Waals surface area contributed by atoms with Gasteiger partial charge < -0.3 is 11.1 Å². The highest BCUT2D eigenvalue weighted by Gasteiger charge is 2.17. The van der Waals surface area contributed by atoms with Gasteiger partial charge in [-0.3, -0.25) is 4.79 Å². The molecule has 3 nitrogen and oxygen atoms in total. The van der Waals surface area contributed by atoms with Crippen molar-refractivity contribution in [3.05, 3.63) is 72.8 Å². The van der Waals surface area contributed by atoms with Crippen LogP contribution in [0.15, 0.2) is 52.3 Å². The maximum absolute atomic E-state index is 12.5. The summed E-state index contributed by atoms with van der Waals surface area (Å²) in [6, 6.07) is 12.4. The van der Waals surface area contributed by atoms with Crippen molar-refractivity contribution >= 4 is 73.3 Å². The number of nitrogens with one attached hydrogen (secondary N) is 1. The fraction of sp³-hybridized carbons (Fsp3) is 0. The van der Waals surface area contributed by atoms with Gasteiger partial charge in [0.25, 0.3) is 0 Å². The molecular formula is C17H11BrCl2N2OS. The molecule has 3 N–H and O–H groups in total. The van der Waals surface area contributed by atoms with E-state index >= 15 is 0 Å². The third-order valence-corrected chi connectivity index (χ3v) is 5.48. The molecule has 0 unspecified atom stereocenters. The molecule has 0 fully saturated rings. The summed E-state index contributed by atoms with van der Waals surface area (Å²) in [5.74, 6) is -0.185. The average molecular weight is 442 g/mol. The highest BCUT2D eigenvalue weighted by atomic mass is 79.9. The van der Waals surface area contributed by atoms with E-state index in [9.17, 15) is 4.79 Å². The first-order chi connectivity index (χ1) is 11.5. The highest BCUT2D eigenvalue weighted by Crippen LogP contribution is 2.31. The van der Waals surface area contributed by atoms with Gasteiger partial charge >= 0.3 is 0 Å². The lowest BCUT2D eigenvalue weighted by Gasteiger charge is -2.11. The maximum atomic E-state index is 12.5. The maximum Gasteiger partial charge on any atom is 0.205 e. The molecule has 0 aliphatic carbocycles. The van der Waals surface area contributed by atoms with Crippen LogP contribution in [0.25, 0.3) is 0 Å². The smallest absolute Gasteiger partial charge is 0.205 e. The number of benzene rings is 2. The number of carbonyl (C=O) groups excluding carboxylic acids is 1. The summed E-state index contributed by atoms with van der Waals surface area (Å²) in [7, 11) is 0. The number of hydrogen-bond acceptors (Lipinski definition) is 4. The summed E-state index contributed by atoms with van der Waals surface area (Å²) in [5, 5.41) is 5.75. The van der Waals surface area contributed by atoms with Crippen LogP contribution in [0, 0.1) is 0 Å². The number of thiophene rings is 1. The number of hydrogen-bond donors (Lipinski definition) is 2. The van der Waals surface area contributed by atoms with Crippen LogP contribution in [0.5, 0.6) is 0 Å². The van der Waals surface area contributed by atoms with Gasteiger partial charge in [-0.2, -0.15) is 0 Å². The summed E-state index contributed by atoms with van der Waals surface area (Å²) in [4.78, 5) is 13.0. The third-order valence-electron chi connectivity index (χ3n) is 3.33. The van der Waals surface area contributed by atoms with E-state index in [0.717, 1.165) is 15.8 Å². The molecule has 122 valence electrons. The van der Waals surface area contributed by atoms with Crippen molar-refractivity contribution in [1.29, 1.82) is 0 Å². The highest BCUT2D eigenvalue weighted by molar-refractivity contribution is 9.10. The number of ketones is 1. The molecule has 3 aromatic rings. The second kappa shape index (κ2) is 7.15. The van der Waals surface area contributed by atoms with Gasteiger partial charge in [-0.05, 0) is 47.8 Å². The van der Waals surface area contributed by atoms with Gasteiger partial charge in [0.1, 0.15) is 0 Å². The molecule has 0 atom stereocenters. The molecule has 0 spiro atoms. The lowest BCUT2D eigenvalue weighted by atomic mass is 10.1. The van der Waals surface area contributed by atoms with Gasteiger partial charge in [0.15, 0.2) is 0 Å². The first-order valence-corrected chi connectivity index (χ1v) is 9.28. The number of nitrogen functional groups attached to an aromatic ring is 1. The van der Waals surface area contributed by atoms with Crippen LogP contribution >= 0.6 is 50.5 Å². The number of carbonyl (C=O) groups is 1. The molecule has 0 amide bonds. The minimum atomic E-state index is -0.185. The molecule has 0 saturated heterocycles. The zero-order valence-corrected chi connectivity index (χ0v) is 16.1. The summed E-state index contributed by atoms with van der Waals surface area (Å²) in [6.45, 7) is 0. The van der Waals surface area contributed by atoms with E-state index in [1.54, 1.807) is 35.7 Å². The minimum absolute atomic E-state index is 0.185. The predicted molar refractivity (Wildman–Crippen MR) is 106 cm³/mol. The van der Waals surface area contributed by atoms with Crippen molar-refractivity contribution in [3.63, 3.8) is 0 Å². The summed E-state index contributed by atoms with van der Waals surface area (Å²) >= 11 is 17.0. The molecular weight excluding hydrogens is 431 g/mol. The van der Waals surface area contributed by atoms with Crippen molar-refractivity contribution in [3.8, 4) is 0 Å². The van der Waals surface area contributed by atoms with Gasteiger partial charge in [0, 0.05) is 15.7 Å². The van der Waals surface area contributed by atoms with E-state index in [2.05, 4.69) is 21.2 Å². The SMILES string of the molecule is Nc1cc(Br)ccc1Nc1ccc(C(=O)c2sccc2Cl)c(Cl)c1. The molecule has 0 saturated carbocycles. The Morgan fingerprint density at radius 1 is 1.08 bits per heavy atom. The first-order valence-electron chi connectivity index (χ1n) is 6.85. The molecule has 1 aromatic heterocycles. The fourth-order valence-electron chi connectivity index (χ4n) is 2.16. The average Bonchev–Trinajstić information content (AvgIpc) is 2.96. The Morgan fingerprint density at radius 3 is 2.50 bits per heavy atom. The van der Waals surface area contributed by atoms with Crippen LogP contribution in [0.2, 0.25) is 10.0 Å². The molecule has 2 aromatic carbocycles. The van der Waals surface area contributed by atoms with E-state index in [1.807, 2.05) is 12.1 Å². The second-order valence-electron chi connectivity index (χ2n) is 4.98. The van der Waals surface area contributed by atoms with Crippen LogP contribution in [-0.4, -0.2) is 5.78 Å². The summed E-state index contributed by atoms with van der Waals surface area (Å²) in [6.07, 6.45) is 0. The topological polar surface area (TPSA) is 55.1 Å². The predicted octanol–water partition coefficient (Wildman–Crippen LogP) is 6.37. The zero-order chi connectivity index (χ0) is 17.3. The van der Waals surface area contributed by atoms with E-state index in [1.165, 1.54) is 11.3 Å². The van der Waals surface area contributed by atoms with Crippen molar-refractivity contribution in [2.75, 3.05) is 11.1 Å². The molecule has 7 heteroatoms. The molecule has 0 aliphatic rings. The van der Waals surface area contributed by atoms with Crippen LogP contribution in [0.4, 0.5) is 17.1 Å². The van der Waals surface area contributed by atoms with Crippen molar-refractivity contribution in [1.82, 2.24) is 0 Å². The standard InChI is InChI=1S/C17H11BrCl2N2OS/c18-9-1-4-15(14(21)7-9)22-10-2-3-11(13(20)8-10)16(23)17-12(19)5-6-24-17/h1-8,22H,21H2. The van der Waals surface area contributed by atoms with Gasteiger partial charge in [-0.1, -0.05) is 39.1 Å². The van der Waals surface area contributed by atoms with Gasteiger partial charge in [0.05, 0.1) is 26.3 Å². The van der Waals surface area contributed by atoms with Crippen molar-refractivity contribution in [2.24, 2.45) is 0 Å². The van der Waals surface area contributed by atoms with E-state index in [0.29, 0.717) is 26.2 Å². The van der Waals surface area contributed by atoms with Gasteiger partial charge in [-0.15, -0.1) is 11.3 Å². The monoisotopic (exact) mass is 440 g/mol. The summed E-state index contributed by atoms with van der Waals surface area (Å²) < 4.78 is 0.900. The van der Waals surface area contributed by atoms with Crippen LogP contribution in [0.1, 0.15) is 15.2 Å². The number of halogens is 3. The van der Waals surface area contributed by atoms with Gasteiger partial charge in [-0.25, -0.2) is 0 Å². The molecule has 24 heavy (non-hydrogen) atoms. The van der Waals surface area contributed by atoms with Crippen LogP contribution in [0.3, 0.4) is 0 Å². The van der Waals surface area contributed by atoms with Crippen LogP contribution in [-0.2, 0) is 0 Å². The van der Waals surface area contributed by atoms with E-state index in [4.69, 9.17) is 28.9 Å². The van der Waals surface area contributed by atoms with Crippen molar-refractivity contribution in [2.45, 2.75) is 0 Å². The number of nitrogens with two attached hydrogens (primary N) is 1. The Hall–Kier alpha value is -1.53. The molecule has 0 aliphatic heterocycles. The largest absolute Gasteiger partial charge is 0.397 e. The molecule has 3 rings (SSSR count). The normalized spacial score (nSPS) is 10.6. The third kappa shape index (κ3) is 3.59. The Labute approximate surface area is 161 Å². The lowest BCUT2D eigenvalue weighted by molar-refractivity contribution is 0.104. The molecule has 0 bridgehead atoms. The quantitative estimate of drug-likeness (QED) is 0.365. The Morgan fingerprint density at radius 2 is 1.88 bits per heavy atom. The van der Waals surface area contributed by atoms with Crippen LogP contribution < -0.4 is 11.1 Å². The fourth-order valence-corrected chi connectivity index (χ4v) is 3.90. The first kappa shape index (κ1) is 17.3.